The van der Waals surface area contributed by atoms with Crippen LogP contribution in [0.4, 0.5) is 0 Å². The van der Waals surface area contributed by atoms with E-state index in [0.717, 1.165) is 18.8 Å². The van der Waals surface area contributed by atoms with Gasteiger partial charge < -0.3 is 15.1 Å². The van der Waals surface area contributed by atoms with Crippen LogP contribution >= 0.6 is 0 Å². The monoisotopic (exact) mass is 267 g/mol. The van der Waals surface area contributed by atoms with Crippen LogP contribution in [0.1, 0.15) is 27.2 Å². The number of amidine groups is 1. The molecule has 0 amide bonds. The Hall–Kier alpha value is -0.910. The number of hydrogen-bond acceptors (Lipinski definition) is 5. The first-order valence-corrected chi connectivity index (χ1v) is 7.05. The van der Waals surface area contributed by atoms with Crippen molar-refractivity contribution < 1.29 is 10.2 Å². The van der Waals surface area contributed by atoms with E-state index < -0.39 is 0 Å². The van der Waals surface area contributed by atoms with Gasteiger partial charge in [0.2, 0.25) is 0 Å². The van der Waals surface area contributed by atoms with Gasteiger partial charge >= 0.3 is 0 Å². The van der Waals surface area contributed by atoms with E-state index in [9.17, 15) is 0 Å². The van der Waals surface area contributed by atoms with Gasteiger partial charge in [-0.1, -0.05) is 0 Å². The van der Waals surface area contributed by atoms with E-state index in [4.69, 9.17) is 10.2 Å². The van der Waals surface area contributed by atoms with Gasteiger partial charge in [-0.05, 0) is 26.3 Å². The molecule has 2 rings (SSSR count). The summed E-state index contributed by atoms with van der Waals surface area (Å²) in [5, 5.41) is 18.3. The minimum Gasteiger partial charge on any atom is -0.395 e. The lowest BCUT2D eigenvalue weighted by atomic mass is 10.0. The number of rotatable bonds is 5. The molecule has 0 aliphatic carbocycles. The topological polar surface area (TPSA) is 59.3 Å². The van der Waals surface area contributed by atoms with Gasteiger partial charge in [-0.3, -0.25) is 9.89 Å². The number of hydrogen-bond donors (Lipinski definition) is 2. The van der Waals surface area contributed by atoms with Crippen LogP contribution in [0.5, 0.6) is 0 Å². The Morgan fingerprint density at radius 3 is 2.47 bits per heavy atom. The summed E-state index contributed by atoms with van der Waals surface area (Å²) in [7, 11) is 0. The summed E-state index contributed by atoms with van der Waals surface area (Å²) in [6, 6.07) is 0.633. The van der Waals surface area contributed by atoms with Gasteiger partial charge in [-0.15, -0.1) is 0 Å². The number of aliphatic imine (C=N–C) groups is 1. The molecule has 0 aromatic heterocycles. The second-order valence-electron chi connectivity index (χ2n) is 5.43. The first-order valence-electron chi connectivity index (χ1n) is 7.05. The molecule has 108 valence electrons. The molecule has 0 saturated carbocycles. The normalized spacial score (nSPS) is 27.1. The Morgan fingerprint density at radius 1 is 1.26 bits per heavy atom. The SMILES string of the molecule is CC1=NC(C)C(C)=C2CC(N(CCO)CCO)CN12. The molecule has 5 nitrogen and oxygen atoms in total. The molecule has 2 aliphatic rings. The van der Waals surface area contributed by atoms with Crippen LogP contribution in [0, 0.1) is 0 Å². The van der Waals surface area contributed by atoms with Crippen LogP contribution in [0.2, 0.25) is 0 Å². The molecular weight excluding hydrogens is 242 g/mol. The summed E-state index contributed by atoms with van der Waals surface area (Å²) >= 11 is 0. The van der Waals surface area contributed by atoms with Gasteiger partial charge in [0.25, 0.3) is 0 Å². The molecule has 2 unspecified atom stereocenters. The second kappa shape index (κ2) is 6.03. The van der Waals surface area contributed by atoms with E-state index in [0.29, 0.717) is 19.1 Å². The molecule has 1 saturated heterocycles. The van der Waals surface area contributed by atoms with Crippen molar-refractivity contribution in [2.75, 3.05) is 32.8 Å². The van der Waals surface area contributed by atoms with Crippen LogP contribution in [-0.4, -0.2) is 70.8 Å². The molecule has 0 bridgehead atoms. The molecule has 5 heteroatoms. The van der Waals surface area contributed by atoms with Gasteiger partial charge in [0, 0.05) is 37.8 Å². The highest BCUT2D eigenvalue weighted by Gasteiger charge is 2.35. The predicted octanol–water partition coefficient (Wildman–Crippen LogP) is 0.442. The molecule has 0 spiro atoms. The molecule has 0 aromatic carbocycles. The predicted molar refractivity (Wildman–Crippen MR) is 76.1 cm³/mol. The van der Waals surface area contributed by atoms with E-state index in [1.807, 2.05) is 0 Å². The summed E-state index contributed by atoms with van der Waals surface area (Å²) in [5.74, 6) is 1.09. The zero-order valence-corrected chi connectivity index (χ0v) is 12.1. The molecule has 2 N–H and O–H groups in total. The largest absolute Gasteiger partial charge is 0.395 e. The Labute approximate surface area is 115 Å². The molecule has 2 heterocycles. The quantitative estimate of drug-likeness (QED) is 0.759. The van der Waals surface area contributed by atoms with Crippen LogP contribution < -0.4 is 0 Å². The fourth-order valence-electron chi connectivity index (χ4n) is 3.09. The summed E-state index contributed by atoms with van der Waals surface area (Å²) in [6.07, 6.45) is 0.989. The Balaban J connectivity index is 2.15. The maximum absolute atomic E-state index is 9.16. The maximum atomic E-state index is 9.16. The Bertz CT molecular complexity index is 386. The Kier molecular flexibility index (Phi) is 4.60. The van der Waals surface area contributed by atoms with E-state index >= 15 is 0 Å². The standard InChI is InChI=1S/C14H25N3O2/c1-10-11(2)15-12(3)17-9-13(8-14(10)17)16(4-6-18)5-7-19/h11,13,18-19H,4-9H2,1-3H3. The van der Waals surface area contributed by atoms with Gasteiger partial charge in [0.05, 0.1) is 19.3 Å². The van der Waals surface area contributed by atoms with Crippen LogP contribution in [-0.2, 0) is 0 Å². The van der Waals surface area contributed by atoms with Crippen molar-refractivity contribution in [1.82, 2.24) is 9.80 Å². The highest BCUT2D eigenvalue weighted by atomic mass is 16.3. The molecule has 1 fully saturated rings. The van der Waals surface area contributed by atoms with Crippen LogP contribution in [0.3, 0.4) is 0 Å². The van der Waals surface area contributed by atoms with Crippen molar-refractivity contribution in [2.24, 2.45) is 4.99 Å². The van der Waals surface area contributed by atoms with Gasteiger partial charge in [0.1, 0.15) is 5.84 Å². The van der Waals surface area contributed by atoms with E-state index in [1.54, 1.807) is 0 Å². The number of fused-ring (bicyclic) bond motifs is 1. The summed E-state index contributed by atoms with van der Waals surface area (Å²) in [4.78, 5) is 9.13. The third-order valence-electron chi connectivity index (χ3n) is 4.29. The van der Waals surface area contributed by atoms with Crippen molar-refractivity contribution in [1.29, 1.82) is 0 Å². The first-order chi connectivity index (χ1) is 9.08. The lowest BCUT2D eigenvalue weighted by molar-refractivity contribution is 0.126. The summed E-state index contributed by atoms with van der Waals surface area (Å²) in [6.45, 7) is 8.79. The minimum atomic E-state index is 0.137. The summed E-state index contributed by atoms with van der Waals surface area (Å²) < 4.78 is 0. The van der Waals surface area contributed by atoms with E-state index in [2.05, 4.69) is 35.6 Å². The van der Waals surface area contributed by atoms with E-state index in [-0.39, 0.29) is 19.3 Å². The molecule has 2 atom stereocenters. The molecule has 0 radical (unpaired) electrons. The number of nitrogens with zero attached hydrogens (tertiary/aromatic N) is 3. The molecular formula is C14H25N3O2. The average Bonchev–Trinajstić information content (AvgIpc) is 2.81. The average molecular weight is 267 g/mol. The maximum Gasteiger partial charge on any atom is 0.101 e. The zero-order valence-electron chi connectivity index (χ0n) is 12.1. The zero-order chi connectivity index (χ0) is 14.0. The molecule has 2 aliphatic heterocycles. The second-order valence-corrected chi connectivity index (χ2v) is 5.43. The van der Waals surface area contributed by atoms with Crippen molar-refractivity contribution in [2.45, 2.75) is 39.3 Å². The number of aliphatic hydroxyl groups excluding tert-OH is 2. The summed E-state index contributed by atoms with van der Waals surface area (Å²) in [5.41, 5.74) is 2.73. The first kappa shape index (κ1) is 14.5. The molecule has 19 heavy (non-hydrogen) atoms. The van der Waals surface area contributed by atoms with Gasteiger partial charge in [-0.25, -0.2) is 0 Å². The minimum absolute atomic E-state index is 0.137. The van der Waals surface area contributed by atoms with Crippen molar-refractivity contribution >= 4 is 5.84 Å². The fraction of sp³-hybridized carbons (Fsp3) is 0.786. The van der Waals surface area contributed by atoms with Crippen molar-refractivity contribution in [3.05, 3.63) is 11.3 Å². The highest BCUT2D eigenvalue weighted by Crippen LogP contribution is 2.33. The molecule has 0 aromatic rings. The lowest BCUT2D eigenvalue weighted by Gasteiger charge is -2.29. The lowest BCUT2D eigenvalue weighted by Crippen LogP contribution is -2.41. The van der Waals surface area contributed by atoms with Crippen LogP contribution in [0.25, 0.3) is 0 Å². The van der Waals surface area contributed by atoms with Gasteiger partial charge in [0.15, 0.2) is 0 Å². The smallest absolute Gasteiger partial charge is 0.101 e. The third kappa shape index (κ3) is 2.83. The van der Waals surface area contributed by atoms with Crippen LogP contribution in [0.15, 0.2) is 16.3 Å². The highest BCUT2D eigenvalue weighted by molar-refractivity contribution is 5.83. The van der Waals surface area contributed by atoms with E-state index in [1.165, 1.54) is 11.3 Å². The third-order valence-corrected chi connectivity index (χ3v) is 4.29. The van der Waals surface area contributed by atoms with Crippen molar-refractivity contribution in [3.63, 3.8) is 0 Å². The fourth-order valence-corrected chi connectivity index (χ4v) is 3.09. The number of aliphatic hydroxyl groups is 2. The van der Waals surface area contributed by atoms with Crippen molar-refractivity contribution in [3.8, 4) is 0 Å². The Morgan fingerprint density at radius 2 is 1.89 bits per heavy atom. The van der Waals surface area contributed by atoms with Gasteiger partial charge in [-0.2, -0.15) is 0 Å².